The molecule has 1 atom stereocenters. The van der Waals surface area contributed by atoms with Crippen molar-refractivity contribution >= 4 is 51.5 Å². The number of benzene rings is 2. The van der Waals surface area contributed by atoms with Crippen molar-refractivity contribution in [3.05, 3.63) is 99.7 Å². The monoisotopic (exact) mass is 494 g/mol. The number of hydrogen-bond acceptors (Lipinski definition) is 6. The van der Waals surface area contributed by atoms with Gasteiger partial charge in [0.15, 0.2) is 22.9 Å². The summed E-state index contributed by atoms with van der Waals surface area (Å²) in [6, 6.07) is 13.7. The normalized spacial score (nSPS) is 15.9. The van der Waals surface area contributed by atoms with E-state index in [1.807, 2.05) is 0 Å². The maximum Gasteiger partial charge on any atom is 0.294 e. The molecule has 0 saturated heterocycles. The summed E-state index contributed by atoms with van der Waals surface area (Å²) >= 11 is 12.3. The van der Waals surface area contributed by atoms with Crippen LogP contribution < -0.4 is 9.64 Å². The number of furan rings is 1. The summed E-state index contributed by atoms with van der Waals surface area (Å²) in [7, 11) is 1.46. The van der Waals surface area contributed by atoms with E-state index >= 15 is 0 Å². The summed E-state index contributed by atoms with van der Waals surface area (Å²) in [6.07, 6.45) is 3.09. The molecule has 1 unspecified atom stereocenters. The summed E-state index contributed by atoms with van der Waals surface area (Å²) in [6.45, 7) is 0. The van der Waals surface area contributed by atoms with E-state index in [-0.39, 0.29) is 11.3 Å². The Kier molecular flexibility index (Phi) is 5.51. The zero-order valence-electron chi connectivity index (χ0n) is 17.7. The van der Waals surface area contributed by atoms with Crippen LogP contribution in [-0.2, 0) is 4.79 Å². The number of anilines is 1. The first-order valence-electron chi connectivity index (χ1n) is 10.1. The molecule has 1 aliphatic heterocycles. The number of rotatable bonds is 5. The van der Waals surface area contributed by atoms with Gasteiger partial charge >= 0.3 is 0 Å². The topological polar surface area (TPSA) is 92.9 Å². The second-order valence-electron chi connectivity index (χ2n) is 7.57. The first-order valence-corrected chi connectivity index (χ1v) is 10.9. The number of ketones is 1. The molecule has 1 N–H and O–H groups in total. The molecule has 1 amide bonds. The molecule has 4 aromatic rings. The Morgan fingerprint density at radius 2 is 1.85 bits per heavy atom. The van der Waals surface area contributed by atoms with Crippen molar-refractivity contribution in [1.29, 1.82) is 0 Å². The summed E-state index contributed by atoms with van der Waals surface area (Å²) < 4.78 is 11.1. The summed E-state index contributed by atoms with van der Waals surface area (Å²) in [4.78, 5) is 32.2. The van der Waals surface area contributed by atoms with Crippen molar-refractivity contribution in [2.45, 2.75) is 6.04 Å². The van der Waals surface area contributed by atoms with E-state index in [2.05, 4.69) is 4.98 Å². The summed E-state index contributed by atoms with van der Waals surface area (Å²) in [5.41, 5.74) is 1.20. The van der Waals surface area contributed by atoms with Crippen molar-refractivity contribution in [2.75, 3.05) is 12.0 Å². The lowest BCUT2D eigenvalue weighted by Gasteiger charge is -2.26. The van der Waals surface area contributed by atoms with Crippen LogP contribution in [0.5, 0.6) is 5.75 Å². The molecule has 5 rings (SSSR count). The van der Waals surface area contributed by atoms with Gasteiger partial charge in [-0.05, 0) is 48.0 Å². The molecule has 0 spiro atoms. The predicted molar refractivity (Wildman–Crippen MR) is 128 cm³/mol. The SMILES string of the molecule is COc1cc(Cl)cc2cc(C(=O)C3=C(O)C(=O)N(c4cccc(Cl)c4)C3c3ccncc3)oc12. The van der Waals surface area contributed by atoms with Gasteiger partial charge in [0, 0.05) is 39.6 Å². The minimum atomic E-state index is -0.930. The maximum atomic E-state index is 13.7. The number of nitrogens with zero attached hydrogens (tertiary/aromatic N) is 2. The van der Waals surface area contributed by atoms with E-state index in [1.54, 1.807) is 60.9 Å². The number of carbonyl (C=O) groups is 2. The van der Waals surface area contributed by atoms with E-state index < -0.39 is 23.5 Å². The molecule has 0 fully saturated rings. The number of aliphatic hydroxyl groups is 1. The molecule has 3 heterocycles. The average Bonchev–Trinajstić information content (AvgIpc) is 3.37. The van der Waals surface area contributed by atoms with Gasteiger partial charge < -0.3 is 14.3 Å². The number of aliphatic hydroxyl groups excluding tert-OH is 1. The standard InChI is InChI=1S/C25H16Cl2N2O5/c1-33-19-12-16(27)9-14-10-18(34-24(14)19)22(30)20-21(13-5-7-28-8-6-13)29(25(32)23(20)31)17-4-2-3-15(26)11-17/h2-12,21,31H,1H3. The first-order chi connectivity index (χ1) is 16.4. The molecule has 1 aliphatic rings. The third-order valence-electron chi connectivity index (χ3n) is 5.55. The van der Waals surface area contributed by atoms with Gasteiger partial charge in [-0.1, -0.05) is 29.3 Å². The van der Waals surface area contributed by atoms with Crippen molar-refractivity contribution in [1.82, 2.24) is 4.98 Å². The van der Waals surface area contributed by atoms with Crippen LogP contribution in [0.15, 0.2) is 82.7 Å². The highest BCUT2D eigenvalue weighted by Gasteiger charge is 2.45. The fourth-order valence-electron chi connectivity index (χ4n) is 4.07. The number of amides is 1. The largest absolute Gasteiger partial charge is 0.503 e. The fraction of sp³-hybridized carbons (Fsp3) is 0.0800. The average molecular weight is 495 g/mol. The highest BCUT2D eigenvalue weighted by atomic mass is 35.5. The van der Waals surface area contributed by atoms with Crippen LogP contribution in [0.25, 0.3) is 11.0 Å². The lowest BCUT2D eigenvalue weighted by atomic mass is 9.95. The van der Waals surface area contributed by atoms with Crippen molar-refractivity contribution in [3.63, 3.8) is 0 Å². The summed E-state index contributed by atoms with van der Waals surface area (Å²) in [5.74, 6) is -1.77. The van der Waals surface area contributed by atoms with E-state index in [4.69, 9.17) is 32.4 Å². The fourth-order valence-corrected chi connectivity index (χ4v) is 4.47. The van der Waals surface area contributed by atoms with Crippen molar-refractivity contribution < 1.29 is 23.8 Å². The second kappa shape index (κ2) is 8.52. The highest BCUT2D eigenvalue weighted by Crippen LogP contribution is 2.43. The maximum absolute atomic E-state index is 13.7. The third kappa shape index (κ3) is 3.59. The van der Waals surface area contributed by atoms with Gasteiger partial charge in [0.1, 0.15) is 0 Å². The Morgan fingerprint density at radius 1 is 1.09 bits per heavy atom. The van der Waals surface area contributed by atoms with Gasteiger partial charge in [0.25, 0.3) is 5.91 Å². The number of fused-ring (bicyclic) bond motifs is 1. The minimum absolute atomic E-state index is 0.0723. The first kappa shape index (κ1) is 22.0. The van der Waals surface area contributed by atoms with Gasteiger partial charge in [0.05, 0.1) is 18.7 Å². The number of hydrogen-bond donors (Lipinski definition) is 1. The zero-order chi connectivity index (χ0) is 24.0. The van der Waals surface area contributed by atoms with Crippen LogP contribution >= 0.6 is 23.2 Å². The van der Waals surface area contributed by atoms with Crippen LogP contribution in [0.2, 0.25) is 10.0 Å². The van der Waals surface area contributed by atoms with E-state index in [0.29, 0.717) is 38.0 Å². The molecule has 2 aromatic heterocycles. The molecule has 9 heteroatoms. The Bertz CT molecular complexity index is 1480. The number of carbonyl (C=O) groups excluding carboxylic acids is 2. The molecule has 0 aliphatic carbocycles. The van der Waals surface area contributed by atoms with Crippen LogP contribution in [0.4, 0.5) is 5.69 Å². The molecular formula is C25H16Cl2N2O5. The molecule has 170 valence electrons. The van der Waals surface area contributed by atoms with Gasteiger partial charge in [-0.2, -0.15) is 0 Å². The van der Waals surface area contributed by atoms with Gasteiger partial charge in [-0.3, -0.25) is 19.5 Å². The zero-order valence-corrected chi connectivity index (χ0v) is 19.2. The Morgan fingerprint density at radius 3 is 2.56 bits per heavy atom. The number of aromatic nitrogens is 1. The van der Waals surface area contributed by atoms with E-state index in [0.717, 1.165) is 0 Å². The molecule has 0 radical (unpaired) electrons. The van der Waals surface area contributed by atoms with Crippen molar-refractivity contribution in [2.24, 2.45) is 0 Å². The number of Topliss-reactive ketones (excluding diaryl/α,β-unsaturated/α-hetero) is 1. The smallest absolute Gasteiger partial charge is 0.294 e. The van der Waals surface area contributed by atoms with E-state index in [1.165, 1.54) is 18.1 Å². The molecule has 34 heavy (non-hydrogen) atoms. The third-order valence-corrected chi connectivity index (χ3v) is 6.00. The molecule has 2 aromatic carbocycles. The molecule has 0 bridgehead atoms. The second-order valence-corrected chi connectivity index (χ2v) is 8.44. The number of pyridine rings is 1. The lowest BCUT2D eigenvalue weighted by Crippen LogP contribution is -2.31. The number of halogens is 2. The Labute approximate surface area is 203 Å². The highest BCUT2D eigenvalue weighted by molar-refractivity contribution is 6.32. The molecule has 0 saturated carbocycles. The van der Waals surface area contributed by atoms with Gasteiger partial charge in [0.2, 0.25) is 5.78 Å². The van der Waals surface area contributed by atoms with Gasteiger partial charge in [-0.25, -0.2) is 0 Å². The minimum Gasteiger partial charge on any atom is -0.503 e. The lowest BCUT2D eigenvalue weighted by molar-refractivity contribution is -0.117. The van der Waals surface area contributed by atoms with Gasteiger partial charge in [-0.15, -0.1) is 0 Å². The van der Waals surface area contributed by atoms with Crippen LogP contribution in [0, 0.1) is 0 Å². The number of ether oxygens (including phenoxy) is 1. The quantitative estimate of drug-likeness (QED) is 0.345. The Balaban J connectivity index is 1.66. The van der Waals surface area contributed by atoms with Crippen LogP contribution in [0.1, 0.15) is 22.2 Å². The number of methoxy groups -OCH3 is 1. The Hall–Kier alpha value is -3.81. The predicted octanol–water partition coefficient (Wildman–Crippen LogP) is 5.93. The van der Waals surface area contributed by atoms with E-state index in [9.17, 15) is 14.7 Å². The van der Waals surface area contributed by atoms with Crippen molar-refractivity contribution in [3.8, 4) is 5.75 Å². The summed E-state index contributed by atoms with van der Waals surface area (Å²) in [5, 5.41) is 12.2. The molecule has 7 nitrogen and oxygen atoms in total. The molecular weight excluding hydrogens is 479 g/mol. The van der Waals surface area contributed by atoms with Crippen LogP contribution in [-0.4, -0.2) is 28.9 Å². The van der Waals surface area contributed by atoms with Crippen LogP contribution in [0.3, 0.4) is 0 Å².